The molecule has 0 aromatic carbocycles. The van der Waals surface area contributed by atoms with E-state index >= 15 is 0 Å². The maximum Gasteiger partial charge on any atom is 0.0936 e. The lowest BCUT2D eigenvalue weighted by Gasteiger charge is -2.21. The normalized spacial score (nSPS) is 13.6. The van der Waals surface area contributed by atoms with Crippen LogP contribution in [0.15, 0.2) is 4.99 Å². The van der Waals surface area contributed by atoms with Gasteiger partial charge in [-0.1, -0.05) is 0 Å². The minimum Gasteiger partial charge on any atom is -0.369 e. The number of rotatable bonds is 3. The van der Waals surface area contributed by atoms with Crippen LogP contribution in [0.5, 0.6) is 0 Å². The van der Waals surface area contributed by atoms with Gasteiger partial charge in [0.15, 0.2) is 0 Å². The van der Waals surface area contributed by atoms with E-state index in [1.165, 1.54) is 0 Å². The molecule has 3 nitrogen and oxygen atoms in total. The number of aliphatic imine (C=N–C) groups is 1. The van der Waals surface area contributed by atoms with E-state index in [1.54, 1.807) is 0 Å². The van der Waals surface area contributed by atoms with Crippen molar-refractivity contribution in [2.24, 2.45) is 4.99 Å². The average Bonchev–Trinajstić information content (AvgIpc) is 1.81. The first-order valence-electron chi connectivity index (χ1n) is 4.75. The molecule has 0 bridgehead atoms. The van der Waals surface area contributed by atoms with Gasteiger partial charge in [0.1, 0.15) is 0 Å². The van der Waals surface area contributed by atoms with Crippen LogP contribution in [0, 0.1) is 0 Å². The lowest BCUT2D eigenvalue weighted by Crippen LogP contribution is -2.39. The molecule has 0 heterocycles. The third-order valence-corrected chi connectivity index (χ3v) is 1.45. The van der Waals surface area contributed by atoms with E-state index in [0.29, 0.717) is 0 Å². The van der Waals surface area contributed by atoms with Gasteiger partial charge in [0.05, 0.1) is 12.4 Å². The van der Waals surface area contributed by atoms with E-state index in [4.69, 9.17) is 0 Å². The molecule has 0 fully saturated rings. The van der Waals surface area contributed by atoms with Crippen molar-refractivity contribution in [1.82, 2.24) is 10.2 Å². The van der Waals surface area contributed by atoms with Crippen molar-refractivity contribution < 1.29 is 0 Å². The van der Waals surface area contributed by atoms with Crippen molar-refractivity contribution in [3.8, 4) is 0 Å². The Morgan fingerprint density at radius 3 is 2.23 bits per heavy atom. The molecule has 3 heteroatoms. The van der Waals surface area contributed by atoms with Gasteiger partial charge in [0.25, 0.3) is 0 Å². The number of nitrogens with zero attached hydrogens (tertiary/aromatic N) is 2. The number of amidine groups is 1. The second kappa shape index (κ2) is 5.22. The lowest BCUT2D eigenvalue weighted by atomic mass is 10.1. The zero-order valence-electron chi connectivity index (χ0n) is 9.81. The molecular formula is C10H23N3. The summed E-state index contributed by atoms with van der Waals surface area (Å²) in [6.45, 7) is 10.3. The summed E-state index contributed by atoms with van der Waals surface area (Å²) < 4.78 is 0. The molecule has 0 saturated carbocycles. The second-order valence-corrected chi connectivity index (χ2v) is 4.65. The molecule has 13 heavy (non-hydrogen) atoms. The molecular weight excluding hydrogens is 162 g/mol. The molecule has 0 aromatic heterocycles. The Hall–Kier alpha value is -0.570. The molecule has 1 N–H and O–H groups in total. The van der Waals surface area contributed by atoms with Gasteiger partial charge in [0, 0.05) is 12.1 Å². The van der Waals surface area contributed by atoms with Gasteiger partial charge in [-0.2, -0.15) is 0 Å². The maximum absolute atomic E-state index is 4.41. The maximum atomic E-state index is 4.41. The molecule has 0 rings (SSSR count). The van der Waals surface area contributed by atoms with E-state index in [2.05, 4.69) is 50.1 Å². The van der Waals surface area contributed by atoms with Crippen molar-refractivity contribution in [3.63, 3.8) is 0 Å². The fourth-order valence-corrected chi connectivity index (χ4v) is 1.000. The van der Waals surface area contributed by atoms with E-state index in [-0.39, 0.29) is 5.54 Å². The summed E-state index contributed by atoms with van der Waals surface area (Å²) in [5.41, 5.74) is 0.117. The summed E-state index contributed by atoms with van der Waals surface area (Å²) >= 11 is 0. The Morgan fingerprint density at radius 1 is 1.31 bits per heavy atom. The van der Waals surface area contributed by atoms with Crippen molar-refractivity contribution in [3.05, 3.63) is 0 Å². The minimum atomic E-state index is 0.117. The van der Waals surface area contributed by atoms with Crippen LogP contribution in [0.3, 0.4) is 0 Å². The fourth-order valence-electron chi connectivity index (χ4n) is 1.000. The van der Waals surface area contributed by atoms with E-state index < -0.39 is 0 Å². The van der Waals surface area contributed by atoms with E-state index in [0.717, 1.165) is 18.9 Å². The molecule has 0 aliphatic carbocycles. The first kappa shape index (κ1) is 12.4. The Morgan fingerprint density at radius 2 is 1.85 bits per heavy atom. The topological polar surface area (TPSA) is 27.6 Å². The molecule has 0 aromatic rings. The summed E-state index contributed by atoms with van der Waals surface area (Å²) in [7, 11) is 4.12. The van der Waals surface area contributed by atoms with Crippen LogP contribution < -0.4 is 5.32 Å². The minimum absolute atomic E-state index is 0.117. The number of likely N-dealkylation sites (N-methyl/N-ethyl adjacent to an activating group) is 1. The van der Waals surface area contributed by atoms with Crippen LogP contribution in [0.1, 0.15) is 27.7 Å². The molecule has 0 unspecified atom stereocenters. The van der Waals surface area contributed by atoms with Gasteiger partial charge in [0.2, 0.25) is 0 Å². The SMILES string of the molecule is CC(=NCCN(C)C)NC(C)(C)C. The molecule has 0 atom stereocenters. The summed E-state index contributed by atoms with van der Waals surface area (Å²) in [5.74, 6) is 1.02. The van der Waals surface area contributed by atoms with Gasteiger partial charge in [-0.15, -0.1) is 0 Å². The number of hydrogen-bond acceptors (Lipinski definition) is 2. The largest absolute Gasteiger partial charge is 0.369 e. The zero-order chi connectivity index (χ0) is 10.5. The first-order chi connectivity index (χ1) is 5.81. The Labute approximate surface area is 82.2 Å². The van der Waals surface area contributed by atoms with Crippen molar-refractivity contribution in [1.29, 1.82) is 0 Å². The quantitative estimate of drug-likeness (QED) is 0.531. The van der Waals surface area contributed by atoms with Gasteiger partial charge in [-0.3, -0.25) is 4.99 Å². The summed E-state index contributed by atoms with van der Waals surface area (Å²) in [5, 5.41) is 3.32. The summed E-state index contributed by atoms with van der Waals surface area (Å²) in [4.78, 5) is 6.55. The Bertz CT molecular complexity index is 165. The second-order valence-electron chi connectivity index (χ2n) is 4.65. The monoisotopic (exact) mass is 185 g/mol. The van der Waals surface area contributed by atoms with Gasteiger partial charge in [-0.05, 0) is 41.8 Å². The van der Waals surface area contributed by atoms with Crippen molar-refractivity contribution >= 4 is 5.84 Å². The highest BCUT2D eigenvalue weighted by atomic mass is 15.1. The predicted molar refractivity (Wildman–Crippen MR) is 59.4 cm³/mol. The van der Waals surface area contributed by atoms with Gasteiger partial charge >= 0.3 is 0 Å². The molecule has 0 spiro atoms. The standard InChI is InChI=1S/C10H23N3/c1-9(12-10(2,3)4)11-7-8-13(5)6/h7-8H2,1-6H3,(H,11,12). The third kappa shape index (κ3) is 9.34. The summed E-state index contributed by atoms with van der Waals surface area (Å²) in [6.07, 6.45) is 0. The molecule has 0 radical (unpaired) electrons. The van der Waals surface area contributed by atoms with E-state index in [1.807, 2.05) is 6.92 Å². The van der Waals surface area contributed by atoms with Crippen molar-refractivity contribution in [2.75, 3.05) is 27.2 Å². The predicted octanol–water partition coefficient (Wildman–Crippen LogP) is 1.35. The highest BCUT2D eigenvalue weighted by Gasteiger charge is 2.08. The third-order valence-electron chi connectivity index (χ3n) is 1.45. The smallest absolute Gasteiger partial charge is 0.0936 e. The van der Waals surface area contributed by atoms with Gasteiger partial charge in [-0.25, -0.2) is 0 Å². The van der Waals surface area contributed by atoms with Crippen LogP contribution in [0.2, 0.25) is 0 Å². The van der Waals surface area contributed by atoms with E-state index in [9.17, 15) is 0 Å². The first-order valence-corrected chi connectivity index (χ1v) is 4.75. The highest BCUT2D eigenvalue weighted by Crippen LogP contribution is 1.98. The van der Waals surface area contributed by atoms with Crippen LogP contribution in [0.4, 0.5) is 0 Å². The van der Waals surface area contributed by atoms with Crippen LogP contribution in [0.25, 0.3) is 0 Å². The van der Waals surface area contributed by atoms with Crippen LogP contribution >= 0.6 is 0 Å². The van der Waals surface area contributed by atoms with Crippen molar-refractivity contribution in [2.45, 2.75) is 33.2 Å². The van der Waals surface area contributed by atoms with Crippen LogP contribution in [-0.4, -0.2) is 43.5 Å². The highest BCUT2D eigenvalue weighted by molar-refractivity contribution is 5.80. The zero-order valence-corrected chi connectivity index (χ0v) is 9.81. The molecule has 0 amide bonds. The fraction of sp³-hybridized carbons (Fsp3) is 0.900. The van der Waals surface area contributed by atoms with Gasteiger partial charge < -0.3 is 10.2 Å². The number of hydrogen-bond donors (Lipinski definition) is 1. The summed E-state index contributed by atoms with van der Waals surface area (Å²) in [6, 6.07) is 0. The molecule has 0 aliphatic rings. The molecule has 0 saturated heterocycles. The number of nitrogens with one attached hydrogen (secondary N) is 1. The van der Waals surface area contributed by atoms with Crippen LogP contribution in [-0.2, 0) is 0 Å². The molecule has 0 aliphatic heterocycles. The Balaban J connectivity index is 3.76. The molecule has 78 valence electrons. The average molecular weight is 185 g/mol. The Kier molecular flexibility index (Phi) is 4.99. The lowest BCUT2D eigenvalue weighted by molar-refractivity contribution is 0.419.